The number of ether oxygens (including phenoxy) is 3. The first-order chi connectivity index (χ1) is 24.9. The Morgan fingerprint density at radius 2 is 1.38 bits per heavy atom. The highest BCUT2D eigenvalue weighted by molar-refractivity contribution is 5.99. The van der Waals surface area contributed by atoms with E-state index >= 15 is 0 Å². The first-order valence-electron chi connectivity index (χ1n) is 17.7. The molecule has 3 saturated heterocycles. The predicted octanol–water partition coefficient (Wildman–Crippen LogP) is 6.60. The third kappa shape index (κ3) is 8.63. The quantitative estimate of drug-likeness (QED) is 0.283. The zero-order valence-corrected chi connectivity index (χ0v) is 29.7. The molecule has 3 aliphatic heterocycles. The van der Waals surface area contributed by atoms with Crippen molar-refractivity contribution >= 4 is 24.0 Å². The van der Waals surface area contributed by atoms with E-state index in [4.69, 9.17) is 14.2 Å². The van der Waals surface area contributed by atoms with Crippen LogP contribution in [0.2, 0.25) is 0 Å². The number of likely N-dealkylation sites (tertiary alicyclic amines) is 2. The number of rotatable bonds is 6. The summed E-state index contributed by atoms with van der Waals surface area (Å²) in [5.41, 5.74) is 0.944. The molecule has 52 heavy (non-hydrogen) atoms. The van der Waals surface area contributed by atoms with E-state index in [1.54, 1.807) is 40.1 Å². The van der Waals surface area contributed by atoms with Gasteiger partial charge in [-0.3, -0.25) is 9.59 Å². The van der Waals surface area contributed by atoms with E-state index in [1.165, 1.54) is 34.1 Å². The standard InChI is InChI=1S/C39H44F2N4O7/c1-39(2,3)52-38(49)45-19-16-29(25-45)50-33-15-12-27(24-31(33)26-10-13-28(40)14-11-26)35(46)42-20-22-43(23-21-42)36(47)30-8-7-9-32(41)34(30)51-37(48)44-17-5-4-6-18-44/h7-15,24,29H,4-6,16-23,25H2,1-3H3/t29-/m0/s1. The van der Waals surface area contributed by atoms with Crippen LogP contribution < -0.4 is 9.47 Å². The molecule has 0 bridgehead atoms. The van der Waals surface area contributed by atoms with Crippen LogP contribution in [-0.2, 0) is 4.74 Å². The molecule has 11 nitrogen and oxygen atoms in total. The van der Waals surface area contributed by atoms with Crippen LogP contribution in [0.5, 0.6) is 11.5 Å². The fraction of sp³-hybridized carbons (Fsp3) is 0.436. The van der Waals surface area contributed by atoms with Crippen LogP contribution in [0.4, 0.5) is 18.4 Å². The number of hydrogen-bond donors (Lipinski definition) is 0. The van der Waals surface area contributed by atoms with E-state index in [1.807, 2.05) is 20.8 Å². The second-order valence-electron chi connectivity index (χ2n) is 14.3. The lowest BCUT2D eigenvalue weighted by Crippen LogP contribution is -2.50. The summed E-state index contributed by atoms with van der Waals surface area (Å²) in [5, 5.41) is 0. The first kappa shape index (κ1) is 36.6. The van der Waals surface area contributed by atoms with Gasteiger partial charge >= 0.3 is 12.2 Å². The minimum atomic E-state index is -0.803. The summed E-state index contributed by atoms with van der Waals surface area (Å²) >= 11 is 0. The van der Waals surface area contributed by atoms with E-state index in [2.05, 4.69) is 0 Å². The lowest BCUT2D eigenvalue weighted by molar-refractivity contribution is 0.0275. The van der Waals surface area contributed by atoms with Crippen LogP contribution in [0, 0.1) is 11.6 Å². The van der Waals surface area contributed by atoms with Crippen molar-refractivity contribution in [3.8, 4) is 22.6 Å². The van der Waals surface area contributed by atoms with Gasteiger partial charge in [-0.15, -0.1) is 0 Å². The average Bonchev–Trinajstić information content (AvgIpc) is 3.61. The molecule has 0 aromatic heterocycles. The lowest BCUT2D eigenvalue weighted by Gasteiger charge is -2.35. The van der Waals surface area contributed by atoms with Crippen molar-refractivity contribution < 1.29 is 42.2 Å². The number of piperazine rings is 1. The van der Waals surface area contributed by atoms with Gasteiger partial charge < -0.3 is 33.8 Å². The monoisotopic (exact) mass is 718 g/mol. The van der Waals surface area contributed by atoms with Gasteiger partial charge in [0.05, 0.1) is 12.1 Å². The fourth-order valence-corrected chi connectivity index (χ4v) is 6.59. The van der Waals surface area contributed by atoms with Crippen molar-refractivity contribution in [3.05, 3.63) is 83.4 Å². The molecule has 3 heterocycles. The van der Waals surface area contributed by atoms with Crippen LogP contribution in [-0.4, -0.2) is 108 Å². The molecule has 6 rings (SSSR count). The zero-order valence-electron chi connectivity index (χ0n) is 29.7. The molecule has 0 N–H and O–H groups in total. The maximum absolute atomic E-state index is 14.9. The van der Waals surface area contributed by atoms with Crippen molar-refractivity contribution in [3.63, 3.8) is 0 Å². The van der Waals surface area contributed by atoms with Crippen molar-refractivity contribution in [2.75, 3.05) is 52.4 Å². The van der Waals surface area contributed by atoms with Crippen LogP contribution in [0.1, 0.15) is 67.2 Å². The topological polar surface area (TPSA) is 109 Å². The van der Waals surface area contributed by atoms with Crippen molar-refractivity contribution in [1.82, 2.24) is 19.6 Å². The van der Waals surface area contributed by atoms with Gasteiger partial charge in [-0.1, -0.05) is 18.2 Å². The molecule has 3 fully saturated rings. The summed E-state index contributed by atoms with van der Waals surface area (Å²) in [6, 6.07) is 15.0. The molecule has 0 aliphatic carbocycles. The highest BCUT2D eigenvalue weighted by atomic mass is 19.1. The summed E-state index contributed by atoms with van der Waals surface area (Å²) in [5.74, 6) is -1.87. The number of para-hydroxylation sites is 1. The summed E-state index contributed by atoms with van der Waals surface area (Å²) < 4.78 is 46.1. The molecular weight excluding hydrogens is 674 g/mol. The second kappa shape index (κ2) is 15.6. The first-order valence-corrected chi connectivity index (χ1v) is 17.7. The third-order valence-electron chi connectivity index (χ3n) is 9.33. The SMILES string of the molecule is CC(C)(C)OC(=O)N1CC[C@H](Oc2ccc(C(=O)N3CCN(C(=O)c4cccc(F)c4OC(=O)N4CCCCC4)CC3)cc2-c2ccc(F)cc2)C1. The highest BCUT2D eigenvalue weighted by Crippen LogP contribution is 2.34. The summed E-state index contributed by atoms with van der Waals surface area (Å²) in [6.07, 6.45) is 1.86. The van der Waals surface area contributed by atoms with E-state index in [9.17, 15) is 28.0 Å². The van der Waals surface area contributed by atoms with Gasteiger partial charge in [-0.25, -0.2) is 18.4 Å². The van der Waals surface area contributed by atoms with Crippen molar-refractivity contribution in [2.45, 2.75) is 58.2 Å². The second-order valence-corrected chi connectivity index (χ2v) is 14.3. The van der Waals surface area contributed by atoms with Gasteiger partial charge in [-0.2, -0.15) is 0 Å². The van der Waals surface area contributed by atoms with Crippen molar-refractivity contribution in [1.29, 1.82) is 0 Å². The van der Waals surface area contributed by atoms with E-state index in [-0.39, 0.29) is 43.8 Å². The largest absolute Gasteiger partial charge is 0.488 e. The molecule has 3 aromatic carbocycles. The molecule has 0 spiro atoms. The van der Waals surface area contributed by atoms with Gasteiger partial charge in [0, 0.05) is 63.4 Å². The van der Waals surface area contributed by atoms with Gasteiger partial charge in [0.1, 0.15) is 23.3 Å². The van der Waals surface area contributed by atoms with Crippen LogP contribution in [0.15, 0.2) is 60.7 Å². The van der Waals surface area contributed by atoms with E-state index in [0.717, 1.165) is 25.3 Å². The Kier molecular flexibility index (Phi) is 11.0. The Morgan fingerprint density at radius 3 is 2.06 bits per heavy atom. The number of nitrogens with zero attached hydrogens (tertiary/aromatic N) is 4. The van der Waals surface area contributed by atoms with Crippen LogP contribution in [0.3, 0.4) is 0 Å². The average molecular weight is 719 g/mol. The molecule has 1 atom stereocenters. The Labute approximate surface area is 302 Å². The molecule has 0 saturated carbocycles. The third-order valence-corrected chi connectivity index (χ3v) is 9.33. The molecule has 13 heteroatoms. The number of halogens is 2. The Morgan fingerprint density at radius 1 is 0.712 bits per heavy atom. The molecule has 0 unspecified atom stereocenters. The van der Waals surface area contributed by atoms with Crippen molar-refractivity contribution in [2.24, 2.45) is 0 Å². The van der Waals surface area contributed by atoms with E-state index < -0.39 is 41.1 Å². The smallest absolute Gasteiger partial charge is 0.415 e. The molecule has 0 radical (unpaired) electrons. The fourth-order valence-electron chi connectivity index (χ4n) is 6.59. The predicted molar refractivity (Wildman–Crippen MR) is 188 cm³/mol. The lowest BCUT2D eigenvalue weighted by atomic mass is 10.0. The number of benzene rings is 3. The summed E-state index contributed by atoms with van der Waals surface area (Å²) in [4.78, 5) is 59.0. The maximum atomic E-state index is 14.9. The Hall–Kier alpha value is -5.20. The van der Waals surface area contributed by atoms with Gasteiger partial charge in [0.25, 0.3) is 11.8 Å². The van der Waals surface area contributed by atoms with Crippen LogP contribution in [0.25, 0.3) is 11.1 Å². The van der Waals surface area contributed by atoms with Gasteiger partial charge in [0.15, 0.2) is 11.6 Å². The number of hydrogen-bond acceptors (Lipinski definition) is 7. The molecular formula is C39H44F2N4O7. The molecule has 3 aromatic rings. The number of piperidine rings is 1. The minimum Gasteiger partial charge on any atom is -0.488 e. The number of carbonyl (C=O) groups excluding carboxylic acids is 4. The maximum Gasteiger partial charge on any atom is 0.415 e. The van der Waals surface area contributed by atoms with Gasteiger partial charge in [-0.05, 0) is 88.1 Å². The Bertz CT molecular complexity index is 1800. The Balaban J connectivity index is 1.13. The molecule has 4 amide bonds. The normalized spacial score (nSPS) is 17.9. The highest BCUT2D eigenvalue weighted by Gasteiger charge is 2.33. The molecule has 3 aliphatic rings. The zero-order chi connectivity index (χ0) is 37.0. The summed E-state index contributed by atoms with van der Waals surface area (Å²) in [6.45, 7) is 8.07. The molecule has 276 valence electrons. The van der Waals surface area contributed by atoms with Gasteiger partial charge in [0.2, 0.25) is 0 Å². The van der Waals surface area contributed by atoms with Crippen LogP contribution >= 0.6 is 0 Å². The minimum absolute atomic E-state index is 0.0545. The van der Waals surface area contributed by atoms with E-state index in [0.29, 0.717) is 55.0 Å². The number of amides is 4. The number of carbonyl (C=O) groups is 4. The summed E-state index contributed by atoms with van der Waals surface area (Å²) in [7, 11) is 0.